The number of nitrogens with one attached hydrogen (secondary N) is 2. The number of para-hydroxylation sites is 2. The molecule has 2 aromatic heterocycles. The highest BCUT2D eigenvalue weighted by molar-refractivity contribution is 7.10. The van der Waals surface area contributed by atoms with E-state index in [0.29, 0.717) is 24.2 Å². The number of hydrogen-bond donors (Lipinski definition) is 2. The third-order valence-electron chi connectivity index (χ3n) is 4.25. The van der Waals surface area contributed by atoms with Crippen LogP contribution in [-0.4, -0.2) is 41.4 Å². The summed E-state index contributed by atoms with van der Waals surface area (Å²) in [5.41, 5.74) is 1.59. The molecule has 1 unspecified atom stereocenters. The number of hydrogen-bond acceptors (Lipinski definition) is 5. The average molecular weight is 370 g/mol. The summed E-state index contributed by atoms with van der Waals surface area (Å²) >= 11 is 1.68. The second kappa shape index (κ2) is 8.25. The molecule has 7 heteroatoms. The topological polar surface area (TPSA) is 78.1 Å². The van der Waals surface area contributed by atoms with Gasteiger partial charge in [-0.1, -0.05) is 18.2 Å². The van der Waals surface area contributed by atoms with Crippen molar-refractivity contribution >= 4 is 28.3 Å². The maximum Gasteiger partial charge on any atom is 0.270 e. The summed E-state index contributed by atoms with van der Waals surface area (Å²) in [6.07, 6.45) is 0.552. The fourth-order valence-electron chi connectivity index (χ4n) is 2.79. The van der Waals surface area contributed by atoms with Gasteiger partial charge in [-0.15, -0.1) is 11.3 Å². The van der Waals surface area contributed by atoms with E-state index in [1.165, 1.54) is 4.88 Å². The van der Waals surface area contributed by atoms with Crippen molar-refractivity contribution in [3.63, 3.8) is 0 Å². The van der Waals surface area contributed by atoms with Gasteiger partial charge in [0.15, 0.2) is 0 Å². The van der Waals surface area contributed by atoms with Crippen molar-refractivity contribution in [3.8, 4) is 0 Å². The summed E-state index contributed by atoms with van der Waals surface area (Å²) in [4.78, 5) is 34.8. The number of amides is 1. The van der Waals surface area contributed by atoms with Gasteiger partial charge in [0.1, 0.15) is 5.69 Å². The first-order valence-corrected chi connectivity index (χ1v) is 9.37. The van der Waals surface area contributed by atoms with E-state index in [9.17, 15) is 9.59 Å². The second-order valence-corrected chi connectivity index (χ2v) is 7.31. The van der Waals surface area contributed by atoms with E-state index in [1.807, 2.05) is 49.8 Å². The Balaban J connectivity index is 1.59. The Morgan fingerprint density at radius 3 is 2.81 bits per heavy atom. The van der Waals surface area contributed by atoms with Crippen molar-refractivity contribution < 1.29 is 4.79 Å². The number of likely N-dealkylation sites (N-methyl/N-ethyl adjacent to an activating group) is 1. The van der Waals surface area contributed by atoms with Crippen molar-refractivity contribution in [2.45, 2.75) is 18.9 Å². The Morgan fingerprint density at radius 1 is 1.27 bits per heavy atom. The van der Waals surface area contributed by atoms with Crippen LogP contribution >= 0.6 is 11.3 Å². The summed E-state index contributed by atoms with van der Waals surface area (Å²) in [7, 11) is 3.99. The Morgan fingerprint density at radius 2 is 2.08 bits per heavy atom. The highest BCUT2D eigenvalue weighted by Gasteiger charge is 2.16. The van der Waals surface area contributed by atoms with E-state index in [2.05, 4.69) is 26.3 Å². The molecule has 3 rings (SSSR count). The third kappa shape index (κ3) is 4.36. The highest BCUT2D eigenvalue weighted by atomic mass is 32.1. The van der Waals surface area contributed by atoms with Gasteiger partial charge in [0, 0.05) is 24.3 Å². The summed E-state index contributed by atoms with van der Waals surface area (Å²) in [6.45, 7) is 0.536. The molecule has 0 bridgehead atoms. The van der Waals surface area contributed by atoms with E-state index in [0.717, 1.165) is 5.52 Å². The smallest absolute Gasteiger partial charge is 0.270 e. The van der Waals surface area contributed by atoms with Crippen LogP contribution in [0.1, 0.15) is 23.0 Å². The summed E-state index contributed by atoms with van der Waals surface area (Å²) < 4.78 is 0. The van der Waals surface area contributed by atoms with Crippen molar-refractivity contribution in [2.24, 2.45) is 0 Å². The third-order valence-corrected chi connectivity index (χ3v) is 5.22. The average Bonchev–Trinajstić information content (AvgIpc) is 3.14. The van der Waals surface area contributed by atoms with Crippen molar-refractivity contribution in [1.82, 2.24) is 20.2 Å². The second-order valence-electron chi connectivity index (χ2n) is 6.33. The van der Waals surface area contributed by atoms with Gasteiger partial charge < -0.3 is 15.2 Å². The van der Waals surface area contributed by atoms with Gasteiger partial charge in [-0.05, 0) is 37.7 Å². The monoisotopic (exact) mass is 370 g/mol. The van der Waals surface area contributed by atoms with Crippen LogP contribution < -0.4 is 10.9 Å². The van der Waals surface area contributed by atoms with Gasteiger partial charge in [-0.2, -0.15) is 0 Å². The molecule has 3 aromatic rings. The molecule has 0 saturated carbocycles. The Hall–Kier alpha value is -2.51. The number of H-pyrrole nitrogens is 1. The van der Waals surface area contributed by atoms with Crippen LogP contribution in [0.2, 0.25) is 0 Å². The molecule has 2 heterocycles. The first-order valence-electron chi connectivity index (χ1n) is 8.49. The molecule has 1 aromatic carbocycles. The molecule has 0 aliphatic heterocycles. The van der Waals surface area contributed by atoms with Gasteiger partial charge in [0.05, 0.1) is 17.1 Å². The fourth-order valence-corrected chi connectivity index (χ4v) is 3.71. The molecule has 0 radical (unpaired) electrons. The number of fused-ring (bicyclic) bond motifs is 1. The molecular weight excluding hydrogens is 348 g/mol. The number of aromatic nitrogens is 2. The molecule has 0 aliphatic carbocycles. The van der Waals surface area contributed by atoms with Crippen molar-refractivity contribution in [2.75, 3.05) is 20.6 Å². The van der Waals surface area contributed by atoms with Gasteiger partial charge >= 0.3 is 0 Å². The quantitative estimate of drug-likeness (QED) is 0.669. The minimum Gasteiger partial charge on any atom is -0.354 e. The molecule has 0 spiro atoms. The molecule has 26 heavy (non-hydrogen) atoms. The van der Waals surface area contributed by atoms with E-state index >= 15 is 0 Å². The zero-order valence-electron chi connectivity index (χ0n) is 14.9. The number of benzene rings is 1. The lowest BCUT2D eigenvalue weighted by atomic mass is 10.2. The zero-order valence-corrected chi connectivity index (χ0v) is 15.7. The molecule has 0 saturated heterocycles. The number of nitrogens with zero attached hydrogens (tertiary/aromatic N) is 2. The van der Waals surface area contributed by atoms with Gasteiger partial charge in [-0.25, -0.2) is 4.98 Å². The van der Waals surface area contributed by atoms with E-state index in [1.54, 1.807) is 11.3 Å². The zero-order chi connectivity index (χ0) is 18.5. The molecule has 0 fully saturated rings. The number of aryl methyl sites for hydroxylation is 1. The molecule has 0 aliphatic rings. The summed E-state index contributed by atoms with van der Waals surface area (Å²) in [5, 5.41) is 5.00. The normalized spacial score (nSPS) is 12.4. The van der Waals surface area contributed by atoms with Crippen molar-refractivity contribution in [3.05, 3.63) is 62.7 Å². The maximum atomic E-state index is 12.2. The van der Waals surface area contributed by atoms with Gasteiger partial charge in [-0.3, -0.25) is 9.59 Å². The molecule has 1 amide bonds. The lowest BCUT2D eigenvalue weighted by Gasteiger charge is -2.23. The van der Waals surface area contributed by atoms with Gasteiger partial charge in [0.2, 0.25) is 5.91 Å². The SMILES string of the molecule is CN(C)C(CNC(=O)CCc1nc2ccccc2[nH]c1=O)c1cccs1. The predicted octanol–water partition coefficient (Wildman–Crippen LogP) is 2.34. The van der Waals surface area contributed by atoms with E-state index < -0.39 is 0 Å². The largest absolute Gasteiger partial charge is 0.354 e. The molecule has 2 N–H and O–H groups in total. The van der Waals surface area contributed by atoms with Crippen molar-refractivity contribution in [1.29, 1.82) is 0 Å². The fraction of sp³-hybridized carbons (Fsp3) is 0.316. The molecule has 136 valence electrons. The highest BCUT2D eigenvalue weighted by Crippen LogP contribution is 2.22. The van der Waals surface area contributed by atoms with Crippen LogP contribution in [0.3, 0.4) is 0 Å². The lowest BCUT2D eigenvalue weighted by molar-refractivity contribution is -0.121. The Bertz CT molecular complexity index is 934. The van der Waals surface area contributed by atoms with Crippen LogP contribution in [0.15, 0.2) is 46.6 Å². The van der Waals surface area contributed by atoms with Crippen LogP contribution in [0, 0.1) is 0 Å². The lowest BCUT2D eigenvalue weighted by Crippen LogP contribution is -2.34. The van der Waals surface area contributed by atoms with E-state index in [4.69, 9.17) is 0 Å². The maximum absolute atomic E-state index is 12.2. The number of carbonyl (C=O) groups is 1. The summed E-state index contributed by atoms with van der Waals surface area (Å²) in [6, 6.07) is 11.6. The first-order chi connectivity index (χ1) is 12.5. The standard InChI is InChI=1S/C19H22N4O2S/c1-23(2)16(17-8-5-11-26-17)12-20-18(24)10-9-15-19(25)22-14-7-4-3-6-13(14)21-15/h3-8,11,16H,9-10,12H2,1-2H3,(H,20,24)(H,22,25). The molecular formula is C19H22N4O2S. The Kier molecular flexibility index (Phi) is 5.80. The minimum atomic E-state index is -0.235. The van der Waals surface area contributed by atoms with Crippen LogP contribution in [0.4, 0.5) is 0 Å². The van der Waals surface area contributed by atoms with Crippen LogP contribution in [0.25, 0.3) is 11.0 Å². The number of carbonyl (C=O) groups excluding carboxylic acids is 1. The number of aromatic amines is 1. The van der Waals surface area contributed by atoms with Gasteiger partial charge in [0.25, 0.3) is 5.56 Å². The van der Waals surface area contributed by atoms with E-state index in [-0.39, 0.29) is 23.9 Å². The molecule has 1 atom stereocenters. The number of rotatable bonds is 7. The minimum absolute atomic E-state index is 0.0808. The molecule has 6 nitrogen and oxygen atoms in total. The summed E-state index contributed by atoms with van der Waals surface area (Å²) in [5.74, 6) is -0.0808. The predicted molar refractivity (Wildman–Crippen MR) is 104 cm³/mol. The Labute approximate surface area is 155 Å². The number of thiophene rings is 1. The van der Waals surface area contributed by atoms with Crippen LogP contribution in [-0.2, 0) is 11.2 Å². The van der Waals surface area contributed by atoms with Crippen LogP contribution in [0.5, 0.6) is 0 Å². The first kappa shape index (κ1) is 18.3.